The first kappa shape index (κ1) is 9.67. The SMILES string of the molecule is CCn1nc2c(c1CN)CS(=O)(=O)C2. The van der Waals surface area contributed by atoms with Gasteiger partial charge in [-0.2, -0.15) is 5.10 Å². The number of hydrogen-bond acceptors (Lipinski definition) is 4. The van der Waals surface area contributed by atoms with Gasteiger partial charge >= 0.3 is 0 Å². The third kappa shape index (κ3) is 1.34. The Morgan fingerprint density at radius 3 is 2.79 bits per heavy atom. The van der Waals surface area contributed by atoms with Gasteiger partial charge in [0.1, 0.15) is 0 Å². The predicted molar refractivity (Wildman–Crippen MR) is 52.1 cm³/mol. The number of aromatic nitrogens is 2. The first-order valence-corrected chi connectivity index (χ1v) is 6.37. The maximum absolute atomic E-state index is 11.3. The fraction of sp³-hybridized carbons (Fsp3) is 0.625. The monoisotopic (exact) mass is 215 g/mol. The predicted octanol–water partition coefficient (Wildman–Crippen LogP) is -0.210. The van der Waals surface area contributed by atoms with E-state index in [0.717, 1.165) is 17.8 Å². The van der Waals surface area contributed by atoms with Crippen molar-refractivity contribution in [2.75, 3.05) is 0 Å². The molecule has 1 aromatic heterocycles. The molecule has 0 unspecified atom stereocenters. The molecule has 1 aliphatic heterocycles. The van der Waals surface area contributed by atoms with Crippen molar-refractivity contribution in [3.8, 4) is 0 Å². The summed E-state index contributed by atoms with van der Waals surface area (Å²) < 4.78 is 24.4. The Labute approximate surface area is 82.8 Å². The zero-order chi connectivity index (χ0) is 10.3. The van der Waals surface area contributed by atoms with E-state index in [1.807, 2.05) is 6.92 Å². The minimum Gasteiger partial charge on any atom is -0.325 e. The third-order valence-corrected chi connectivity index (χ3v) is 3.91. The van der Waals surface area contributed by atoms with Crippen molar-refractivity contribution in [3.63, 3.8) is 0 Å². The highest BCUT2D eigenvalue weighted by Crippen LogP contribution is 2.27. The number of sulfone groups is 1. The summed E-state index contributed by atoms with van der Waals surface area (Å²) in [5.74, 6) is 0.178. The van der Waals surface area contributed by atoms with Crippen LogP contribution in [0, 0.1) is 0 Å². The maximum atomic E-state index is 11.3. The van der Waals surface area contributed by atoms with Gasteiger partial charge in [0.15, 0.2) is 9.84 Å². The molecule has 5 nitrogen and oxygen atoms in total. The topological polar surface area (TPSA) is 78.0 Å². The number of aryl methyl sites for hydroxylation is 1. The number of hydrogen-bond donors (Lipinski definition) is 1. The van der Waals surface area contributed by atoms with Crippen LogP contribution >= 0.6 is 0 Å². The lowest BCUT2D eigenvalue weighted by Crippen LogP contribution is -2.11. The van der Waals surface area contributed by atoms with Gasteiger partial charge in [-0.25, -0.2) is 8.42 Å². The molecule has 0 fully saturated rings. The van der Waals surface area contributed by atoms with Gasteiger partial charge in [-0.15, -0.1) is 0 Å². The highest BCUT2D eigenvalue weighted by molar-refractivity contribution is 7.90. The van der Waals surface area contributed by atoms with E-state index in [0.29, 0.717) is 12.2 Å². The average Bonchev–Trinajstić information content (AvgIpc) is 2.55. The molecule has 1 aliphatic rings. The normalized spacial score (nSPS) is 18.4. The van der Waals surface area contributed by atoms with Crippen molar-refractivity contribution in [2.45, 2.75) is 31.5 Å². The fourth-order valence-corrected chi connectivity index (χ4v) is 3.36. The lowest BCUT2D eigenvalue weighted by molar-refractivity contribution is 0.589. The lowest BCUT2D eigenvalue weighted by Gasteiger charge is -2.03. The molecular formula is C8H13N3O2S. The van der Waals surface area contributed by atoms with Crippen molar-refractivity contribution < 1.29 is 8.42 Å². The fourth-order valence-electron chi connectivity index (χ4n) is 1.84. The summed E-state index contributed by atoms with van der Waals surface area (Å²) >= 11 is 0. The second kappa shape index (κ2) is 3.06. The molecular weight excluding hydrogens is 202 g/mol. The Morgan fingerprint density at radius 2 is 2.21 bits per heavy atom. The Kier molecular flexibility index (Phi) is 2.11. The summed E-state index contributed by atoms with van der Waals surface area (Å²) in [6.45, 7) is 3.06. The molecule has 0 amide bonds. The molecule has 14 heavy (non-hydrogen) atoms. The van der Waals surface area contributed by atoms with Crippen LogP contribution < -0.4 is 5.73 Å². The first-order chi connectivity index (χ1) is 6.57. The second-order valence-electron chi connectivity index (χ2n) is 3.42. The highest BCUT2D eigenvalue weighted by Gasteiger charge is 2.30. The van der Waals surface area contributed by atoms with Crippen molar-refractivity contribution >= 4 is 9.84 Å². The molecule has 0 aromatic carbocycles. The van der Waals surface area contributed by atoms with E-state index in [4.69, 9.17) is 5.73 Å². The van der Waals surface area contributed by atoms with Crippen LogP contribution in [-0.4, -0.2) is 18.2 Å². The Morgan fingerprint density at radius 1 is 1.50 bits per heavy atom. The van der Waals surface area contributed by atoms with Crippen LogP contribution in [0.5, 0.6) is 0 Å². The van der Waals surface area contributed by atoms with Crippen LogP contribution in [0.3, 0.4) is 0 Å². The summed E-state index contributed by atoms with van der Waals surface area (Å²) in [4.78, 5) is 0. The molecule has 6 heteroatoms. The van der Waals surface area contributed by atoms with E-state index in [-0.39, 0.29) is 11.5 Å². The molecule has 0 radical (unpaired) electrons. The van der Waals surface area contributed by atoms with Crippen LogP contribution in [0.25, 0.3) is 0 Å². The molecule has 2 N–H and O–H groups in total. The molecule has 2 rings (SSSR count). The van der Waals surface area contributed by atoms with Crippen molar-refractivity contribution in [1.29, 1.82) is 0 Å². The molecule has 1 aromatic rings. The van der Waals surface area contributed by atoms with E-state index >= 15 is 0 Å². The van der Waals surface area contributed by atoms with Crippen molar-refractivity contribution in [2.24, 2.45) is 5.73 Å². The molecule has 0 spiro atoms. The number of nitrogens with zero attached hydrogens (tertiary/aromatic N) is 2. The number of rotatable bonds is 2. The molecule has 0 saturated heterocycles. The Hall–Kier alpha value is -0.880. The van der Waals surface area contributed by atoms with Gasteiger partial charge in [0.2, 0.25) is 0 Å². The third-order valence-electron chi connectivity index (χ3n) is 2.46. The smallest absolute Gasteiger partial charge is 0.160 e. The summed E-state index contributed by atoms with van der Waals surface area (Å²) in [6.07, 6.45) is 0. The number of fused-ring (bicyclic) bond motifs is 1. The molecule has 2 heterocycles. The average molecular weight is 215 g/mol. The van der Waals surface area contributed by atoms with Crippen molar-refractivity contribution in [3.05, 3.63) is 17.0 Å². The quantitative estimate of drug-likeness (QED) is 0.740. The van der Waals surface area contributed by atoms with Gasteiger partial charge in [-0.05, 0) is 6.92 Å². The minimum atomic E-state index is -2.95. The minimum absolute atomic E-state index is 0.0718. The Balaban J connectivity index is 2.52. The summed E-state index contributed by atoms with van der Waals surface area (Å²) in [5.41, 5.74) is 7.96. The van der Waals surface area contributed by atoms with Gasteiger partial charge < -0.3 is 5.73 Å². The molecule has 0 saturated carbocycles. The summed E-state index contributed by atoms with van der Waals surface area (Å²) in [5, 5.41) is 4.23. The molecule has 78 valence electrons. The van der Waals surface area contributed by atoms with Crippen molar-refractivity contribution in [1.82, 2.24) is 9.78 Å². The van der Waals surface area contributed by atoms with Gasteiger partial charge in [0, 0.05) is 18.7 Å². The first-order valence-electron chi connectivity index (χ1n) is 4.55. The van der Waals surface area contributed by atoms with Gasteiger partial charge in [0.25, 0.3) is 0 Å². The van der Waals surface area contributed by atoms with Crippen LogP contribution in [0.1, 0.15) is 23.9 Å². The summed E-state index contributed by atoms with van der Waals surface area (Å²) in [7, 11) is -2.95. The molecule has 0 bridgehead atoms. The highest BCUT2D eigenvalue weighted by atomic mass is 32.2. The van der Waals surface area contributed by atoms with Crippen LogP contribution in [0.4, 0.5) is 0 Å². The van der Waals surface area contributed by atoms with E-state index in [9.17, 15) is 8.42 Å². The van der Waals surface area contributed by atoms with E-state index in [1.165, 1.54) is 0 Å². The largest absolute Gasteiger partial charge is 0.325 e. The van der Waals surface area contributed by atoms with Gasteiger partial charge in [-0.3, -0.25) is 4.68 Å². The molecule has 0 aliphatic carbocycles. The maximum Gasteiger partial charge on any atom is 0.160 e. The van der Waals surface area contributed by atoms with Gasteiger partial charge in [-0.1, -0.05) is 0 Å². The van der Waals surface area contributed by atoms with Crippen LogP contribution in [-0.2, 0) is 34.4 Å². The molecule has 0 atom stereocenters. The summed E-state index contributed by atoms with van der Waals surface area (Å²) in [6, 6.07) is 0. The van der Waals surface area contributed by atoms with Crippen LogP contribution in [0.2, 0.25) is 0 Å². The zero-order valence-electron chi connectivity index (χ0n) is 8.02. The van der Waals surface area contributed by atoms with E-state index < -0.39 is 9.84 Å². The zero-order valence-corrected chi connectivity index (χ0v) is 8.84. The standard InChI is InChI=1S/C8H13N3O2S/c1-2-11-8(3-9)6-4-14(12,13)5-7(6)10-11/h2-5,9H2,1H3. The lowest BCUT2D eigenvalue weighted by atomic mass is 10.2. The van der Waals surface area contributed by atoms with E-state index in [2.05, 4.69) is 5.10 Å². The van der Waals surface area contributed by atoms with E-state index in [1.54, 1.807) is 4.68 Å². The van der Waals surface area contributed by atoms with Gasteiger partial charge in [0.05, 0.1) is 22.9 Å². The van der Waals surface area contributed by atoms with Crippen LogP contribution in [0.15, 0.2) is 0 Å². The Bertz CT molecular complexity index is 461. The number of nitrogens with two attached hydrogens (primary N) is 1. The second-order valence-corrected chi connectivity index (χ2v) is 5.49.